The van der Waals surface area contributed by atoms with Crippen LogP contribution < -0.4 is 10.1 Å². The van der Waals surface area contributed by atoms with Gasteiger partial charge in [0.05, 0.1) is 4.47 Å². The maximum Gasteiger partial charge on any atom is 0.261 e. The summed E-state index contributed by atoms with van der Waals surface area (Å²) in [5.41, 5.74) is 2.13. The van der Waals surface area contributed by atoms with Crippen molar-refractivity contribution in [2.45, 2.75) is 64.6 Å². The molecule has 184 valence electrons. The Morgan fingerprint density at radius 2 is 1.74 bits per heavy atom. The number of amides is 2. The van der Waals surface area contributed by atoms with Crippen molar-refractivity contribution in [1.82, 2.24) is 10.2 Å². The molecule has 0 bridgehead atoms. The molecule has 3 aromatic rings. The van der Waals surface area contributed by atoms with E-state index in [0.29, 0.717) is 12.3 Å². The lowest BCUT2D eigenvalue weighted by Crippen LogP contribution is -2.51. The molecule has 6 heteroatoms. The molecule has 5 nitrogen and oxygen atoms in total. The highest BCUT2D eigenvalue weighted by Crippen LogP contribution is 2.33. The third-order valence-corrected chi connectivity index (χ3v) is 7.59. The van der Waals surface area contributed by atoms with E-state index in [1.54, 1.807) is 11.8 Å². The molecule has 0 aliphatic heterocycles. The highest BCUT2D eigenvalue weighted by atomic mass is 79.9. The summed E-state index contributed by atoms with van der Waals surface area (Å²) in [5, 5.41) is 5.28. The molecule has 0 radical (unpaired) electrons. The van der Waals surface area contributed by atoms with Gasteiger partial charge in [0, 0.05) is 12.6 Å². The smallest absolute Gasteiger partial charge is 0.261 e. The average Bonchev–Trinajstić information content (AvgIpc) is 2.88. The van der Waals surface area contributed by atoms with Gasteiger partial charge in [-0.05, 0) is 65.0 Å². The lowest BCUT2D eigenvalue weighted by molar-refractivity contribution is -0.142. The Hall–Kier alpha value is -2.86. The van der Waals surface area contributed by atoms with Crippen LogP contribution in [-0.4, -0.2) is 35.4 Å². The molecule has 1 N–H and O–H groups in total. The molecule has 4 rings (SSSR count). The molecule has 1 atom stereocenters. The molecule has 0 heterocycles. The van der Waals surface area contributed by atoms with Gasteiger partial charge in [-0.25, -0.2) is 0 Å². The first-order valence-electron chi connectivity index (χ1n) is 12.4. The zero-order valence-electron chi connectivity index (χ0n) is 20.4. The number of fused-ring (bicyclic) bond motifs is 1. The van der Waals surface area contributed by atoms with E-state index in [1.807, 2.05) is 67.6 Å². The topological polar surface area (TPSA) is 58.6 Å². The Labute approximate surface area is 216 Å². The number of ether oxygens (including phenoxy) is 1. The highest BCUT2D eigenvalue weighted by Gasteiger charge is 2.28. The number of rotatable bonds is 8. The van der Waals surface area contributed by atoms with Crippen LogP contribution in [0.4, 0.5) is 0 Å². The summed E-state index contributed by atoms with van der Waals surface area (Å²) in [6, 6.07) is 19.5. The van der Waals surface area contributed by atoms with Crippen molar-refractivity contribution in [3.8, 4) is 5.75 Å². The zero-order chi connectivity index (χ0) is 24.8. The predicted octanol–water partition coefficient (Wildman–Crippen LogP) is 6.16. The third-order valence-electron chi connectivity index (χ3n) is 6.77. The number of benzene rings is 3. The third kappa shape index (κ3) is 6.43. The Balaban J connectivity index is 1.49. The number of aryl methyl sites for hydroxylation is 1. The van der Waals surface area contributed by atoms with Gasteiger partial charge < -0.3 is 15.0 Å². The Morgan fingerprint density at radius 1 is 1.03 bits per heavy atom. The second kappa shape index (κ2) is 11.7. The summed E-state index contributed by atoms with van der Waals surface area (Å²) in [5.74, 6) is 0.271. The number of nitrogens with one attached hydrogen (secondary N) is 1. The average molecular weight is 537 g/mol. The molecule has 0 unspecified atom stereocenters. The molecule has 0 aromatic heterocycles. The van der Waals surface area contributed by atoms with Gasteiger partial charge in [0.15, 0.2) is 6.61 Å². The van der Waals surface area contributed by atoms with Gasteiger partial charge in [0.25, 0.3) is 5.91 Å². The van der Waals surface area contributed by atoms with Crippen molar-refractivity contribution in [2.75, 3.05) is 6.61 Å². The van der Waals surface area contributed by atoms with Crippen LogP contribution in [0.1, 0.15) is 50.2 Å². The molecule has 2 amide bonds. The summed E-state index contributed by atoms with van der Waals surface area (Å²) < 4.78 is 6.77. The van der Waals surface area contributed by atoms with Crippen molar-refractivity contribution >= 4 is 38.5 Å². The molecule has 35 heavy (non-hydrogen) atoms. The SMILES string of the molecule is Cc1ccc(CN(C(=O)COc2ccc3ccccc3c2Br)[C@H](C)C(=O)NC2CCCCC2)cc1. The number of nitrogens with zero attached hydrogens (tertiary/aromatic N) is 1. The molecular formula is C29H33BrN2O3. The summed E-state index contributed by atoms with van der Waals surface area (Å²) in [6.45, 7) is 4.03. The standard InChI is InChI=1S/C29H33BrN2O3/c1-20-12-14-22(15-13-20)18-32(21(2)29(34)31-24-9-4-3-5-10-24)27(33)19-35-26-17-16-23-8-6-7-11-25(23)28(26)30/h6-8,11-17,21,24H,3-5,9-10,18-19H2,1-2H3,(H,31,34)/t21-/m1/s1. The molecule has 1 aliphatic rings. The van der Waals surface area contributed by atoms with E-state index in [9.17, 15) is 9.59 Å². The first-order valence-corrected chi connectivity index (χ1v) is 13.2. The van der Waals surface area contributed by atoms with Gasteiger partial charge in [-0.2, -0.15) is 0 Å². The van der Waals surface area contributed by atoms with Crippen LogP contribution in [0.5, 0.6) is 5.75 Å². The Kier molecular flexibility index (Phi) is 8.45. The van der Waals surface area contributed by atoms with Gasteiger partial charge in [-0.1, -0.05) is 79.4 Å². The van der Waals surface area contributed by atoms with E-state index in [0.717, 1.165) is 52.1 Å². The second-order valence-electron chi connectivity index (χ2n) is 9.41. The largest absolute Gasteiger partial charge is 0.483 e. The fourth-order valence-corrected chi connectivity index (χ4v) is 5.20. The van der Waals surface area contributed by atoms with Gasteiger partial charge in [-0.3, -0.25) is 9.59 Å². The summed E-state index contributed by atoms with van der Waals surface area (Å²) in [6.07, 6.45) is 5.51. The minimum Gasteiger partial charge on any atom is -0.483 e. The normalized spacial score (nSPS) is 14.9. The van der Waals surface area contributed by atoms with E-state index >= 15 is 0 Å². The van der Waals surface area contributed by atoms with Crippen LogP contribution in [0.3, 0.4) is 0 Å². The minimum absolute atomic E-state index is 0.107. The molecule has 1 saturated carbocycles. The van der Waals surface area contributed by atoms with Crippen molar-refractivity contribution < 1.29 is 14.3 Å². The zero-order valence-corrected chi connectivity index (χ0v) is 22.0. The fourth-order valence-electron chi connectivity index (χ4n) is 4.59. The van der Waals surface area contributed by atoms with Crippen molar-refractivity contribution in [3.63, 3.8) is 0 Å². The summed E-state index contributed by atoms with van der Waals surface area (Å²) in [7, 11) is 0. The van der Waals surface area contributed by atoms with Crippen LogP contribution >= 0.6 is 15.9 Å². The van der Waals surface area contributed by atoms with Crippen molar-refractivity contribution in [1.29, 1.82) is 0 Å². The van der Waals surface area contributed by atoms with E-state index in [4.69, 9.17) is 4.74 Å². The summed E-state index contributed by atoms with van der Waals surface area (Å²) in [4.78, 5) is 28.2. The number of hydrogen-bond acceptors (Lipinski definition) is 3. The number of halogens is 1. The Morgan fingerprint density at radius 3 is 2.49 bits per heavy atom. The second-order valence-corrected chi connectivity index (χ2v) is 10.2. The van der Waals surface area contributed by atoms with Gasteiger partial charge in [0.1, 0.15) is 11.8 Å². The molecule has 0 spiro atoms. The maximum absolute atomic E-state index is 13.4. The lowest BCUT2D eigenvalue weighted by atomic mass is 9.95. The molecule has 0 saturated heterocycles. The summed E-state index contributed by atoms with van der Waals surface area (Å²) >= 11 is 3.62. The van der Waals surface area contributed by atoms with E-state index < -0.39 is 6.04 Å². The minimum atomic E-state index is -0.602. The fraction of sp³-hybridized carbons (Fsp3) is 0.379. The number of carbonyl (C=O) groups excluding carboxylic acids is 2. The number of hydrogen-bond donors (Lipinski definition) is 1. The van der Waals surface area contributed by atoms with Crippen LogP contribution in [-0.2, 0) is 16.1 Å². The van der Waals surface area contributed by atoms with Crippen LogP contribution in [0.15, 0.2) is 65.1 Å². The van der Waals surface area contributed by atoms with Gasteiger partial charge >= 0.3 is 0 Å². The van der Waals surface area contributed by atoms with Crippen LogP contribution in [0, 0.1) is 6.92 Å². The van der Waals surface area contributed by atoms with E-state index in [1.165, 1.54) is 6.42 Å². The predicted molar refractivity (Wildman–Crippen MR) is 143 cm³/mol. The van der Waals surface area contributed by atoms with E-state index in [2.05, 4.69) is 21.2 Å². The first-order chi connectivity index (χ1) is 16.9. The first kappa shape index (κ1) is 25.2. The highest BCUT2D eigenvalue weighted by molar-refractivity contribution is 9.10. The molecule has 1 aliphatic carbocycles. The van der Waals surface area contributed by atoms with Crippen LogP contribution in [0.2, 0.25) is 0 Å². The Bertz CT molecular complexity index is 1170. The van der Waals surface area contributed by atoms with E-state index in [-0.39, 0.29) is 24.5 Å². The lowest BCUT2D eigenvalue weighted by Gasteiger charge is -2.31. The van der Waals surface area contributed by atoms with Crippen molar-refractivity contribution in [2.24, 2.45) is 0 Å². The monoisotopic (exact) mass is 536 g/mol. The maximum atomic E-state index is 13.4. The van der Waals surface area contributed by atoms with Crippen molar-refractivity contribution in [3.05, 3.63) is 76.3 Å². The molecular weight excluding hydrogens is 504 g/mol. The van der Waals surface area contributed by atoms with Crippen LogP contribution in [0.25, 0.3) is 10.8 Å². The van der Waals surface area contributed by atoms with Gasteiger partial charge in [0.2, 0.25) is 5.91 Å². The van der Waals surface area contributed by atoms with Gasteiger partial charge in [-0.15, -0.1) is 0 Å². The quantitative estimate of drug-likeness (QED) is 0.375. The molecule has 3 aromatic carbocycles. The molecule has 1 fully saturated rings. The number of carbonyl (C=O) groups is 2.